The third kappa shape index (κ3) is 2.74. The molecular weight excluding hydrogens is 276 g/mol. The monoisotopic (exact) mass is 294 g/mol. The quantitative estimate of drug-likeness (QED) is 0.710. The normalized spacial score (nSPS) is 16.0. The second-order valence-electron chi connectivity index (χ2n) is 5.27. The number of likely N-dealkylation sites (tertiary alicyclic amines) is 1. The van der Waals surface area contributed by atoms with Crippen molar-refractivity contribution < 1.29 is 9.59 Å². The van der Waals surface area contributed by atoms with Crippen molar-refractivity contribution in [3.8, 4) is 0 Å². The first kappa shape index (κ1) is 15.0. The van der Waals surface area contributed by atoms with E-state index in [9.17, 15) is 19.2 Å². The average Bonchev–Trinajstić information content (AvgIpc) is 2.48. The maximum Gasteiger partial charge on any atom is 0.330 e. The number of hydrogen-bond acceptors (Lipinski definition) is 4. The van der Waals surface area contributed by atoms with E-state index in [2.05, 4.69) is 0 Å². The Balaban J connectivity index is 2.25. The van der Waals surface area contributed by atoms with Gasteiger partial charge in [0.2, 0.25) is 5.91 Å². The first-order chi connectivity index (χ1) is 9.82. The zero-order chi connectivity index (χ0) is 15.7. The minimum absolute atomic E-state index is 0.0443. The Labute approximate surface area is 120 Å². The Bertz CT molecular complexity index is 695. The summed E-state index contributed by atoms with van der Waals surface area (Å²) in [6, 6.07) is 0. The van der Waals surface area contributed by atoms with Gasteiger partial charge in [0.1, 0.15) is 5.56 Å². The molecule has 1 saturated heterocycles. The molecule has 0 aromatic carbocycles. The molecule has 2 rings (SSSR count). The third-order valence-corrected chi connectivity index (χ3v) is 3.86. The van der Waals surface area contributed by atoms with Crippen molar-refractivity contribution in [1.29, 1.82) is 0 Å². The topological polar surface area (TPSA) is 107 Å². The van der Waals surface area contributed by atoms with Gasteiger partial charge >= 0.3 is 5.69 Å². The second-order valence-corrected chi connectivity index (χ2v) is 5.27. The lowest BCUT2D eigenvalue weighted by Crippen LogP contribution is -2.46. The Hall–Kier alpha value is -2.38. The van der Waals surface area contributed by atoms with Crippen LogP contribution in [0.15, 0.2) is 15.8 Å². The van der Waals surface area contributed by atoms with Gasteiger partial charge in [0.05, 0.1) is 0 Å². The molecule has 1 aliphatic heterocycles. The number of primary amides is 1. The summed E-state index contributed by atoms with van der Waals surface area (Å²) in [5.74, 6) is -1.01. The highest BCUT2D eigenvalue weighted by atomic mass is 16.2. The molecule has 1 aliphatic rings. The number of nitrogens with two attached hydrogens (primary N) is 1. The molecule has 0 atom stereocenters. The van der Waals surface area contributed by atoms with E-state index in [-0.39, 0.29) is 17.4 Å². The fourth-order valence-corrected chi connectivity index (χ4v) is 2.49. The number of rotatable bonds is 2. The van der Waals surface area contributed by atoms with Crippen LogP contribution in [0.5, 0.6) is 0 Å². The van der Waals surface area contributed by atoms with Gasteiger partial charge in [-0.1, -0.05) is 0 Å². The Morgan fingerprint density at radius 3 is 2.29 bits per heavy atom. The van der Waals surface area contributed by atoms with Crippen molar-refractivity contribution in [3.63, 3.8) is 0 Å². The van der Waals surface area contributed by atoms with Crippen LogP contribution in [0.4, 0.5) is 0 Å². The van der Waals surface area contributed by atoms with Gasteiger partial charge in [0, 0.05) is 39.3 Å². The van der Waals surface area contributed by atoms with Crippen LogP contribution >= 0.6 is 0 Å². The molecule has 0 spiro atoms. The van der Waals surface area contributed by atoms with Crippen molar-refractivity contribution in [2.75, 3.05) is 13.1 Å². The molecule has 0 bridgehead atoms. The molecule has 0 saturated carbocycles. The number of carbonyl (C=O) groups is 2. The average molecular weight is 294 g/mol. The number of aromatic nitrogens is 2. The molecule has 0 radical (unpaired) electrons. The summed E-state index contributed by atoms with van der Waals surface area (Å²) in [6.07, 6.45) is 2.24. The standard InChI is InChI=1S/C13H18N4O4/c1-15-7-9(11(19)16(2)13(15)21)12(20)17-5-3-8(4-6-17)10(14)18/h7-8H,3-6H2,1-2H3,(H2,14,18). The number of nitrogens with zero attached hydrogens (tertiary/aromatic N) is 3. The van der Waals surface area contributed by atoms with Gasteiger partial charge in [-0.05, 0) is 12.8 Å². The Kier molecular flexibility index (Phi) is 3.97. The predicted octanol–water partition coefficient (Wildman–Crippen LogP) is -1.58. The molecule has 1 aromatic rings. The van der Waals surface area contributed by atoms with Crippen molar-refractivity contribution >= 4 is 11.8 Å². The van der Waals surface area contributed by atoms with Crippen LogP contribution in [-0.4, -0.2) is 38.9 Å². The zero-order valence-electron chi connectivity index (χ0n) is 12.0. The minimum Gasteiger partial charge on any atom is -0.369 e. The molecule has 1 aromatic heterocycles. The van der Waals surface area contributed by atoms with Crippen molar-refractivity contribution in [2.24, 2.45) is 25.7 Å². The fraction of sp³-hybridized carbons (Fsp3) is 0.538. The van der Waals surface area contributed by atoms with E-state index in [1.807, 2.05) is 0 Å². The number of amides is 2. The van der Waals surface area contributed by atoms with Gasteiger partial charge in [0.15, 0.2) is 0 Å². The van der Waals surface area contributed by atoms with E-state index in [1.54, 1.807) is 0 Å². The fourth-order valence-electron chi connectivity index (χ4n) is 2.49. The first-order valence-corrected chi connectivity index (χ1v) is 6.68. The van der Waals surface area contributed by atoms with Gasteiger partial charge in [-0.2, -0.15) is 0 Å². The van der Waals surface area contributed by atoms with E-state index >= 15 is 0 Å². The smallest absolute Gasteiger partial charge is 0.330 e. The lowest BCUT2D eigenvalue weighted by atomic mass is 9.96. The summed E-state index contributed by atoms with van der Waals surface area (Å²) in [4.78, 5) is 48.7. The maximum absolute atomic E-state index is 12.4. The first-order valence-electron chi connectivity index (χ1n) is 6.68. The van der Waals surface area contributed by atoms with Gasteiger partial charge < -0.3 is 15.2 Å². The van der Waals surface area contributed by atoms with Crippen molar-refractivity contribution in [1.82, 2.24) is 14.0 Å². The lowest BCUT2D eigenvalue weighted by Gasteiger charge is -2.30. The van der Waals surface area contributed by atoms with Crippen LogP contribution in [0.2, 0.25) is 0 Å². The summed E-state index contributed by atoms with van der Waals surface area (Å²) in [5, 5.41) is 0. The molecule has 21 heavy (non-hydrogen) atoms. The Morgan fingerprint density at radius 2 is 1.76 bits per heavy atom. The minimum atomic E-state index is -0.611. The maximum atomic E-state index is 12.4. The van der Waals surface area contributed by atoms with Crippen LogP contribution in [0.3, 0.4) is 0 Å². The van der Waals surface area contributed by atoms with Crippen LogP contribution < -0.4 is 17.0 Å². The molecular formula is C13H18N4O4. The highest BCUT2D eigenvalue weighted by Gasteiger charge is 2.28. The van der Waals surface area contributed by atoms with E-state index in [1.165, 1.54) is 29.8 Å². The molecule has 1 fully saturated rings. The lowest BCUT2D eigenvalue weighted by molar-refractivity contribution is -0.123. The van der Waals surface area contributed by atoms with Crippen LogP contribution in [-0.2, 0) is 18.9 Å². The highest BCUT2D eigenvalue weighted by Crippen LogP contribution is 2.17. The van der Waals surface area contributed by atoms with Crippen LogP contribution in [0.1, 0.15) is 23.2 Å². The molecule has 0 aliphatic carbocycles. The van der Waals surface area contributed by atoms with E-state index in [4.69, 9.17) is 5.73 Å². The number of piperidine rings is 1. The zero-order valence-corrected chi connectivity index (χ0v) is 12.0. The molecule has 2 amide bonds. The summed E-state index contributed by atoms with van der Waals surface area (Å²) >= 11 is 0. The Morgan fingerprint density at radius 1 is 1.19 bits per heavy atom. The SMILES string of the molecule is Cn1cc(C(=O)N2CCC(C(N)=O)CC2)c(=O)n(C)c1=O. The molecule has 0 unspecified atom stereocenters. The van der Waals surface area contributed by atoms with Gasteiger partial charge in [-0.15, -0.1) is 0 Å². The summed E-state index contributed by atoms with van der Waals surface area (Å²) in [6.45, 7) is 0.747. The van der Waals surface area contributed by atoms with E-state index < -0.39 is 17.2 Å². The van der Waals surface area contributed by atoms with Crippen molar-refractivity contribution in [3.05, 3.63) is 32.6 Å². The van der Waals surface area contributed by atoms with E-state index in [0.717, 1.165) is 4.57 Å². The largest absolute Gasteiger partial charge is 0.369 e. The second kappa shape index (κ2) is 5.55. The molecule has 2 N–H and O–H groups in total. The number of aryl methyl sites for hydroxylation is 1. The molecule has 2 heterocycles. The van der Waals surface area contributed by atoms with Gasteiger partial charge in [0.25, 0.3) is 11.5 Å². The predicted molar refractivity (Wildman–Crippen MR) is 74.7 cm³/mol. The number of carbonyl (C=O) groups excluding carboxylic acids is 2. The summed E-state index contributed by atoms with van der Waals surface area (Å²) < 4.78 is 2.11. The van der Waals surface area contributed by atoms with Crippen LogP contribution in [0, 0.1) is 5.92 Å². The molecule has 8 heteroatoms. The highest BCUT2D eigenvalue weighted by molar-refractivity contribution is 5.93. The van der Waals surface area contributed by atoms with Crippen molar-refractivity contribution in [2.45, 2.75) is 12.8 Å². The van der Waals surface area contributed by atoms with E-state index in [0.29, 0.717) is 25.9 Å². The summed E-state index contributed by atoms with van der Waals surface area (Å²) in [7, 11) is 2.82. The summed E-state index contributed by atoms with van der Waals surface area (Å²) in [5.41, 5.74) is 4.11. The van der Waals surface area contributed by atoms with Gasteiger partial charge in [-0.25, -0.2) is 4.79 Å². The third-order valence-electron chi connectivity index (χ3n) is 3.86. The van der Waals surface area contributed by atoms with Crippen LogP contribution in [0.25, 0.3) is 0 Å². The van der Waals surface area contributed by atoms with Gasteiger partial charge in [-0.3, -0.25) is 19.0 Å². The molecule has 114 valence electrons. The molecule has 8 nitrogen and oxygen atoms in total. The number of hydrogen-bond donors (Lipinski definition) is 1.